The summed E-state index contributed by atoms with van der Waals surface area (Å²) < 4.78 is 0. The summed E-state index contributed by atoms with van der Waals surface area (Å²) in [4.78, 5) is 9.93. The van der Waals surface area contributed by atoms with Crippen LogP contribution in [-0.2, 0) is 11.2 Å². The fourth-order valence-corrected chi connectivity index (χ4v) is 0.934. The van der Waals surface area contributed by atoms with Crippen molar-refractivity contribution in [3.8, 4) is 5.75 Å². The molecule has 0 amide bonds. The van der Waals surface area contributed by atoms with Crippen LogP contribution in [0, 0.1) is 0 Å². The SMILES string of the molecule is O=CC=CCc1ccccc1O. The lowest BCUT2D eigenvalue weighted by Gasteiger charge is -1.98. The Kier molecular flexibility index (Phi) is 3.08. The van der Waals surface area contributed by atoms with Gasteiger partial charge in [-0.25, -0.2) is 0 Å². The van der Waals surface area contributed by atoms with Crippen molar-refractivity contribution < 1.29 is 9.90 Å². The van der Waals surface area contributed by atoms with Gasteiger partial charge in [0.2, 0.25) is 0 Å². The van der Waals surface area contributed by atoms with Crippen molar-refractivity contribution in [2.75, 3.05) is 0 Å². The third-order valence-electron chi connectivity index (χ3n) is 1.54. The number of hydrogen-bond acceptors (Lipinski definition) is 2. The molecule has 0 aromatic heterocycles. The number of aromatic hydroxyl groups is 1. The molecular formula is C10H10O2. The molecule has 2 nitrogen and oxygen atoms in total. The maximum atomic E-state index is 9.93. The zero-order valence-corrected chi connectivity index (χ0v) is 6.60. The molecule has 62 valence electrons. The molecular weight excluding hydrogens is 152 g/mol. The average Bonchev–Trinajstić information content (AvgIpc) is 2.09. The molecule has 0 aliphatic heterocycles. The van der Waals surface area contributed by atoms with E-state index in [4.69, 9.17) is 0 Å². The normalized spacial score (nSPS) is 10.3. The van der Waals surface area contributed by atoms with Crippen LogP contribution in [0.4, 0.5) is 0 Å². The van der Waals surface area contributed by atoms with Crippen LogP contribution in [0.15, 0.2) is 36.4 Å². The molecule has 1 aromatic rings. The maximum absolute atomic E-state index is 9.93. The maximum Gasteiger partial charge on any atom is 0.142 e. The second-order valence-corrected chi connectivity index (χ2v) is 2.40. The number of para-hydroxylation sites is 1. The quantitative estimate of drug-likeness (QED) is 0.542. The second kappa shape index (κ2) is 4.34. The zero-order valence-electron chi connectivity index (χ0n) is 6.60. The van der Waals surface area contributed by atoms with Crippen molar-refractivity contribution in [3.63, 3.8) is 0 Å². The molecule has 0 atom stereocenters. The Morgan fingerprint density at radius 1 is 1.33 bits per heavy atom. The van der Waals surface area contributed by atoms with Crippen molar-refractivity contribution in [1.29, 1.82) is 0 Å². The van der Waals surface area contributed by atoms with Gasteiger partial charge in [-0.05, 0) is 24.1 Å². The lowest BCUT2D eigenvalue weighted by atomic mass is 10.1. The van der Waals surface area contributed by atoms with Crippen molar-refractivity contribution in [1.82, 2.24) is 0 Å². The topological polar surface area (TPSA) is 37.3 Å². The third-order valence-corrected chi connectivity index (χ3v) is 1.54. The number of rotatable bonds is 3. The van der Waals surface area contributed by atoms with Gasteiger partial charge >= 0.3 is 0 Å². The van der Waals surface area contributed by atoms with E-state index in [0.717, 1.165) is 11.8 Å². The predicted octanol–water partition coefficient (Wildman–Crippen LogP) is 1.69. The number of phenols is 1. The van der Waals surface area contributed by atoms with Gasteiger partial charge in [-0.15, -0.1) is 0 Å². The van der Waals surface area contributed by atoms with Gasteiger partial charge in [-0.1, -0.05) is 24.3 Å². The Hall–Kier alpha value is -1.57. The highest BCUT2D eigenvalue weighted by molar-refractivity contribution is 5.64. The predicted molar refractivity (Wildman–Crippen MR) is 47.0 cm³/mol. The molecule has 2 heteroatoms. The van der Waals surface area contributed by atoms with Crippen molar-refractivity contribution in [2.45, 2.75) is 6.42 Å². The van der Waals surface area contributed by atoms with Crippen LogP contribution in [0.25, 0.3) is 0 Å². The molecule has 0 bridgehead atoms. The van der Waals surface area contributed by atoms with E-state index >= 15 is 0 Å². The number of phenolic OH excluding ortho intramolecular Hbond substituents is 1. The van der Waals surface area contributed by atoms with Crippen molar-refractivity contribution >= 4 is 6.29 Å². The smallest absolute Gasteiger partial charge is 0.142 e. The van der Waals surface area contributed by atoms with Crippen LogP contribution in [0.3, 0.4) is 0 Å². The van der Waals surface area contributed by atoms with Gasteiger partial charge in [-0.3, -0.25) is 4.79 Å². The first-order chi connectivity index (χ1) is 5.84. The molecule has 0 saturated carbocycles. The van der Waals surface area contributed by atoms with E-state index in [2.05, 4.69) is 0 Å². The summed E-state index contributed by atoms with van der Waals surface area (Å²) in [5.74, 6) is 0.271. The van der Waals surface area contributed by atoms with E-state index in [1.54, 1.807) is 18.2 Å². The number of carbonyl (C=O) groups excluding carboxylic acids is 1. The molecule has 1 rings (SSSR count). The van der Waals surface area contributed by atoms with E-state index < -0.39 is 0 Å². The summed E-state index contributed by atoms with van der Waals surface area (Å²) >= 11 is 0. The Morgan fingerprint density at radius 3 is 2.75 bits per heavy atom. The standard InChI is InChI=1S/C10H10O2/c11-8-4-3-6-9-5-1-2-7-10(9)12/h1-5,7-8,12H,6H2. The Bertz CT molecular complexity index is 290. The van der Waals surface area contributed by atoms with Gasteiger partial charge in [0.05, 0.1) is 0 Å². The Labute approximate surface area is 71.2 Å². The highest BCUT2D eigenvalue weighted by atomic mass is 16.3. The average molecular weight is 162 g/mol. The van der Waals surface area contributed by atoms with Gasteiger partial charge in [0.1, 0.15) is 12.0 Å². The molecule has 0 aliphatic rings. The Balaban J connectivity index is 2.69. The summed E-state index contributed by atoms with van der Waals surface area (Å²) in [6.07, 6.45) is 4.44. The van der Waals surface area contributed by atoms with Crippen molar-refractivity contribution in [2.24, 2.45) is 0 Å². The zero-order chi connectivity index (χ0) is 8.81. The summed E-state index contributed by atoms with van der Waals surface area (Å²) in [5, 5.41) is 9.29. The van der Waals surface area contributed by atoms with Crippen LogP contribution in [-0.4, -0.2) is 11.4 Å². The van der Waals surface area contributed by atoms with Crippen LogP contribution in [0.1, 0.15) is 5.56 Å². The molecule has 12 heavy (non-hydrogen) atoms. The van der Waals surface area contributed by atoms with Crippen LogP contribution in [0.5, 0.6) is 5.75 Å². The Morgan fingerprint density at radius 2 is 2.08 bits per heavy atom. The highest BCUT2D eigenvalue weighted by Gasteiger charge is 1.94. The number of benzene rings is 1. The van der Waals surface area contributed by atoms with Gasteiger partial charge in [-0.2, -0.15) is 0 Å². The van der Waals surface area contributed by atoms with E-state index in [-0.39, 0.29) is 5.75 Å². The van der Waals surface area contributed by atoms with Gasteiger partial charge in [0, 0.05) is 0 Å². The van der Waals surface area contributed by atoms with Gasteiger partial charge in [0.25, 0.3) is 0 Å². The molecule has 0 fully saturated rings. The van der Waals surface area contributed by atoms with Crippen molar-refractivity contribution in [3.05, 3.63) is 42.0 Å². The highest BCUT2D eigenvalue weighted by Crippen LogP contribution is 2.15. The van der Waals surface area contributed by atoms with Crippen LogP contribution < -0.4 is 0 Å². The summed E-state index contributed by atoms with van der Waals surface area (Å²) in [7, 11) is 0. The van der Waals surface area contributed by atoms with Crippen LogP contribution >= 0.6 is 0 Å². The minimum Gasteiger partial charge on any atom is -0.508 e. The number of allylic oxidation sites excluding steroid dienone is 2. The fraction of sp³-hybridized carbons (Fsp3) is 0.100. The fourth-order valence-electron chi connectivity index (χ4n) is 0.934. The monoisotopic (exact) mass is 162 g/mol. The van der Waals surface area contributed by atoms with E-state index in [0.29, 0.717) is 6.42 Å². The molecule has 0 saturated heterocycles. The molecule has 1 N–H and O–H groups in total. The first kappa shape index (κ1) is 8.53. The van der Waals surface area contributed by atoms with Gasteiger partial charge < -0.3 is 5.11 Å². The number of carbonyl (C=O) groups is 1. The van der Waals surface area contributed by atoms with Crippen LogP contribution in [0.2, 0.25) is 0 Å². The minimum absolute atomic E-state index is 0.271. The first-order valence-electron chi connectivity index (χ1n) is 3.72. The molecule has 0 heterocycles. The molecule has 0 spiro atoms. The molecule has 0 aliphatic carbocycles. The lowest BCUT2D eigenvalue weighted by molar-refractivity contribution is -0.104. The number of hydrogen-bond donors (Lipinski definition) is 1. The summed E-state index contributed by atoms with van der Waals surface area (Å²) in [6.45, 7) is 0. The molecule has 0 radical (unpaired) electrons. The lowest BCUT2D eigenvalue weighted by Crippen LogP contribution is -1.80. The van der Waals surface area contributed by atoms with E-state index in [9.17, 15) is 9.90 Å². The number of aldehydes is 1. The third kappa shape index (κ3) is 2.23. The van der Waals surface area contributed by atoms with Gasteiger partial charge in [0.15, 0.2) is 0 Å². The molecule has 1 aromatic carbocycles. The first-order valence-corrected chi connectivity index (χ1v) is 3.72. The molecule has 0 unspecified atom stereocenters. The minimum atomic E-state index is 0.271. The second-order valence-electron chi connectivity index (χ2n) is 2.40. The van der Waals surface area contributed by atoms with E-state index in [1.165, 1.54) is 6.08 Å². The van der Waals surface area contributed by atoms with E-state index in [1.807, 2.05) is 12.1 Å². The largest absolute Gasteiger partial charge is 0.508 e. The summed E-state index contributed by atoms with van der Waals surface area (Å²) in [6, 6.07) is 7.07. The summed E-state index contributed by atoms with van der Waals surface area (Å²) in [5.41, 5.74) is 0.829.